The molecule has 0 saturated carbocycles. The molecule has 1 aromatic carbocycles. The molecule has 2 heterocycles. The van der Waals surface area contributed by atoms with E-state index >= 15 is 0 Å². The Hall–Kier alpha value is -1.91. The van der Waals surface area contributed by atoms with Gasteiger partial charge in [0.2, 0.25) is 0 Å². The number of carbonyl (C=O) groups excluding carboxylic acids is 1. The lowest BCUT2D eigenvalue weighted by atomic mass is 10.1. The summed E-state index contributed by atoms with van der Waals surface area (Å²) in [6, 6.07) is 12.2. The van der Waals surface area contributed by atoms with Gasteiger partial charge in [-0.15, -0.1) is 11.3 Å². The van der Waals surface area contributed by atoms with Crippen LogP contribution in [-0.2, 0) is 6.54 Å². The van der Waals surface area contributed by atoms with Crippen molar-refractivity contribution in [1.29, 1.82) is 0 Å². The SMILES string of the molecule is CCN(CC(=O)c1c(C)[nH]c2ccccc12)Cc1cccs1. The molecule has 0 atom stereocenters. The van der Waals surface area contributed by atoms with Crippen LogP contribution < -0.4 is 0 Å². The van der Waals surface area contributed by atoms with Crippen molar-refractivity contribution in [3.63, 3.8) is 0 Å². The fraction of sp³-hybridized carbons (Fsp3) is 0.278. The predicted molar refractivity (Wildman–Crippen MR) is 92.6 cm³/mol. The van der Waals surface area contributed by atoms with Gasteiger partial charge in [-0.1, -0.05) is 31.2 Å². The van der Waals surface area contributed by atoms with Crippen molar-refractivity contribution in [2.45, 2.75) is 20.4 Å². The molecule has 0 bridgehead atoms. The van der Waals surface area contributed by atoms with E-state index in [1.165, 1.54) is 4.88 Å². The Morgan fingerprint density at radius 1 is 1.23 bits per heavy atom. The van der Waals surface area contributed by atoms with E-state index in [1.807, 2.05) is 31.2 Å². The van der Waals surface area contributed by atoms with Crippen molar-refractivity contribution < 1.29 is 4.79 Å². The summed E-state index contributed by atoms with van der Waals surface area (Å²) in [5.74, 6) is 0.188. The first-order valence-corrected chi connectivity index (χ1v) is 8.42. The molecule has 114 valence electrons. The average Bonchev–Trinajstić information content (AvgIpc) is 3.12. The van der Waals surface area contributed by atoms with Gasteiger partial charge >= 0.3 is 0 Å². The van der Waals surface area contributed by atoms with Crippen molar-refractivity contribution in [2.24, 2.45) is 0 Å². The molecule has 0 aliphatic rings. The molecule has 2 aromatic heterocycles. The number of aryl methyl sites for hydroxylation is 1. The summed E-state index contributed by atoms with van der Waals surface area (Å²) < 4.78 is 0. The summed E-state index contributed by atoms with van der Waals surface area (Å²) in [6.45, 7) is 6.23. The Labute approximate surface area is 134 Å². The van der Waals surface area contributed by atoms with Crippen molar-refractivity contribution in [1.82, 2.24) is 9.88 Å². The minimum atomic E-state index is 0.188. The minimum absolute atomic E-state index is 0.188. The standard InChI is InChI=1S/C18H20N2OS/c1-3-20(11-14-7-6-10-22-14)12-17(21)18-13(2)19-16-9-5-4-8-15(16)18/h4-10,19H,3,11-12H2,1-2H3. The predicted octanol–water partition coefficient (Wildman–Crippen LogP) is 4.24. The lowest BCUT2D eigenvalue weighted by Gasteiger charge is -2.18. The fourth-order valence-electron chi connectivity index (χ4n) is 2.82. The van der Waals surface area contributed by atoms with Gasteiger partial charge in [-0.25, -0.2) is 0 Å². The second-order valence-corrected chi connectivity index (χ2v) is 6.51. The molecular formula is C18H20N2OS. The number of fused-ring (bicyclic) bond motifs is 1. The number of hydrogen-bond acceptors (Lipinski definition) is 3. The largest absolute Gasteiger partial charge is 0.358 e. The molecule has 0 spiro atoms. The van der Waals surface area contributed by atoms with E-state index in [0.717, 1.165) is 35.2 Å². The molecule has 0 fully saturated rings. The Morgan fingerprint density at radius 3 is 2.77 bits per heavy atom. The van der Waals surface area contributed by atoms with Gasteiger partial charge in [0.1, 0.15) is 0 Å². The number of hydrogen-bond donors (Lipinski definition) is 1. The highest BCUT2D eigenvalue weighted by atomic mass is 32.1. The van der Waals surface area contributed by atoms with Gasteiger partial charge in [0.15, 0.2) is 5.78 Å². The molecule has 0 unspecified atom stereocenters. The fourth-order valence-corrected chi connectivity index (χ4v) is 3.57. The number of Topliss-reactive ketones (excluding diaryl/α,β-unsaturated/α-hetero) is 1. The van der Waals surface area contributed by atoms with Gasteiger partial charge in [-0.3, -0.25) is 9.69 Å². The third-order valence-corrected chi connectivity index (χ3v) is 4.81. The van der Waals surface area contributed by atoms with Gasteiger partial charge in [-0.2, -0.15) is 0 Å². The molecule has 0 aliphatic carbocycles. The average molecular weight is 312 g/mol. The van der Waals surface area contributed by atoms with Crippen LogP contribution in [0.5, 0.6) is 0 Å². The summed E-state index contributed by atoms with van der Waals surface area (Å²) in [6.07, 6.45) is 0. The number of benzene rings is 1. The summed E-state index contributed by atoms with van der Waals surface area (Å²) in [4.78, 5) is 19.6. The molecule has 3 aromatic rings. The van der Waals surface area contributed by atoms with Crippen LogP contribution in [0, 0.1) is 6.92 Å². The first kappa shape index (κ1) is 15.0. The van der Waals surface area contributed by atoms with E-state index in [0.29, 0.717) is 6.54 Å². The molecule has 0 radical (unpaired) electrons. The number of H-pyrrole nitrogens is 1. The Bertz CT molecular complexity index is 774. The zero-order valence-corrected chi connectivity index (χ0v) is 13.7. The topological polar surface area (TPSA) is 36.1 Å². The van der Waals surface area contributed by atoms with Gasteiger partial charge in [0.25, 0.3) is 0 Å². The normalized spacial score (nSPS) is 11.4. The number of nitrogens with one attached hydrogen (secondary N) is 1. The van der Waals surface area contributed by atoms with Crippen LogP contribution in [0.2, 0.25) is 0 Å². The number of para-hydroxylation sites is 1. The van der Waals surface area contributed by atoms with Crippen LogP contribution in [0.4, 0.5) is 0 Å². The maximum Gasteiger partial charge on any atom is 0.179 e. The molecule has 22 heavy (non-hydrogen) atoms. The van der Waals surface area contributed by atoms with Crippen LogP contribution in [0.1, 0.15) is 27.9 Å². The van der Waals surface area contributed by atoms with Gasteiger partial charge in [-0.05, 0) is 31.0 Å². The number of aromatic amines is 1. The zero-order chi connectivity index (χ0) is 15.5. The molecule has 0 aliphatic heterocycles. The number of thiophene rings is 1. The molecule has 0 saturated heterocycles. The maximum atomic E-state index is 12.8. The zero-order valence-electron chi connectivity index (χ0n) is 12.9. The molecule has 0 amide bonds. The summed E-state index contributed by atoms with van der Waals surface area (Å²) in [7, 11) is 0. The van der Waals surface area contributed by atoms with E-state index in [4.69, 9.17) is 0 Å². The smallest absolute Gasteiger partial charge is 0.179 e. The van der Waals surface area contributed by atoms with Gasteiger partial charge in [0, 0.05) is 33.6 Å². The summed E-state index contributed by atoms with van der Waals surface area (Å²) in [5.41, 5.74) is 2.82. The van der Waals surface area contributed by atoms with Crippen LogP contribution in [0.15, 0.2) is 41.8 Å². The van der Waals surface area contributed by atoms with Crippen molar-refractivity contribution in [2.75, 3.05) is 13.1 Å². The Balaban J connectivity index is 1.81. The molecule has 4 heteroatoms. The van der Waals surface area contributed by atoms with Crippen LogP contribution in [0.3, 0.4) is 0 Å². The minimum Gasteiger partial charge on any atom is -0.358 e. The second kappa shape index (κ2) is 6.46. The van der Waals surface area contributed by atoms with Gasteiger partial charge in [0.05, 0.1) is 6.54 Å². The van der Waals surface area contributed by atoms with E-state index in [9.17, 15) is 4.79 Å². The van der Waals surface area contributed by atoms with Crippen molar-refractivity contribution in [3.8, 4) is 0 Å². The highest BCUT2D eigenvalue weighted by molar-refractivity contribution is 7.09. The number of aromatic nitrogens is 1. The highest BCUT2D eigenvalue weighted by Crippen LogP contribution is 2.23. The monoisotopic (exact) mass is 312 g/mol. The molecule has 3 rings (SSSR count). The van der Waals surface area contributed by atoms with Crippen molar-refractivity contribution in [3.05, 3.63) is 57.9 Å². The van der Waals surface area contributed by atoms with E-state index in [-0.39, 0.29) is 5.78 Å². The first-order chi connectivity index (χ1) is 10.7. The number of likely N-dealkylation sites (N-methyl/N-ethyl adjacent to an activating group) is 1. The molecular weight excluding hydrogens is 292 g/mol. The third-order valence-electron chi connectivity index (χ3n) is 3.95. The van der Waals surface area contributed by atoms with E-state index in [2.05, 4.69) is 34.3 Å². The van der Waals surface area contributed by atoms with Crippen LogP contribution in [0.25, 0.3) is 10.9 Å². The Morgan fingerprint density at radius 2 is 2.05 bits per heavy atom. The van der Waals surface area contributed by atoms with Crippen LogP contribution >= 0.6 is 11.3 Å². The summed E-state index contributed by atoms with van der Waals surface area (Å²) >= 11 is 1.74. The quantitative estimate of drug-likeness (QED) is 0.691. The number of nitrogens with zero attached hydrogens (tertiary/aromatic N) is 1. The van der Waals surface area contributed by atoms with E-state index in [1.54, 1.807) is 11.3 Å². The third kappa shape index (κ3) is 2.98. The first-order valence-electron chi connectivity index (χ1n) is 7.54. The lowest BCUT2D eigenvalue weighted by Crippen LogP contribution is -2.29. The summed E-state index contributed by atoms with van der Waals surface area (Å²) in [5, 5.41) is 3.10. The lowest BCUT2D eigenvalue weighted by molar-refractivity contribution is 0.0931. The van der Waals surface area contributed by atoms with Crippen LogP contribution in [-0.4, -0.2) is 28.8 Å². The maximum absolute atomic E-state index is 12.8. The molecule has 3 nitrogen and oxygen atoms in total. The number of ketones is 1. The van der Waals surface area contributed by atoms with E-state index < -0.39 is 0 Å². The highest BCUT2D eigenvalue weighted by Gasteiger charge is 2.18. The molecule has 1 N–H and O–H groups in total. The number of rotatable bonds is 6. The van der Waals surface area contributed by atoms with Crippen molar-refractivity contribution >= 4 is 28.0 Å². The number of carbonyl (C=O) groups is 1. The second-order valence-electron chi connectivity index (χ2n) is 5.48. The Kier molecular flexibility index (Phi) is 4.41. The van der Waals surface area contributed by atoms with Gasteiger partial charge < -0.3 is 4.98 Å².